The van der Waals surface area contributed by atoms with Gasteiger partial charge in [0.15, 0.2) is 0 Å². The fourth-order valence-electron chi connectivity index (χ4n) is 1.45. The van der Waals surface area contributed by atoms with Gasteiger partial charge in [-0.1, -0.05) is 26.0 Å². The van der Waals surface area contributed by atoms with Gasteiger partial charge >= 0.3 is 0 Å². The van der Waals surface area contributed by atoms with Crippen LogP contribution in [0.2, 0.25) is 0 Å². The van der Waals surface area contributed by atoms with E-state index in [2.05, 4.69) is 37.0 Å². The van der Waals surface area contributed by atoms with Gasteiger partial charge in [-0.2, -0.15) is 0 Å². The zero-order chi connectivity index (χ0) is 9.68. The summed E-state index contributed by atoms with van der Waals surface area (Å²) in [6.45, 7) is 4.35. The molecular weight excluding hydrogens is 158 g/mol. The van der Waals surface area contributed by atoms with Crippen LogP contribution < -0.4 is 0 Å². The van der Waals surface area contributed by atoms with E-state index in [0.717, 1.165) is 12.8 Å². The SMILES string of the molecule is CCc1ccc(CC)c(C=NC)c1. The lowest BCUT2D eigenvalue weighted by Gasteiger charge is -2.04. The monoisotopic (exact) mass is 175 g/mol. The summed E-state index contributed by atoms with van der Waals surface area (Å²) in [6, 6.07) is 6.63. The maximum atomic E-state index is 4.06. The standard InChI is InChI=1S/C12H17N/c1-4-10-6-7-11(5-2)12(8-10)9-13-3/h6-9H,4-5H2,1-3H3. The first kappa shape index (κ1) is 9.97. The van der Waals surface area contributed by atoms with Gasteiger partial charge in [-0.25, -0.2) is 0 Å². The summed E-state index contributed by atoms with van der Waals surface area (Å²) >= 11 is 0. The maximum Gasteiger partial charge on any atom is 0.0284 e. The number of aliphatic imine (C=N–C) groups is 1. The van der Waals surface area contributed by atoms with Crippen molar-refractivity contribution in [2.24, 2.45) is 4.99 Å². The summed E-state index contributed by atoms with van der Waals surface area (Å²) in [5.41, 5.74) is 4.03. The lowest BCUT2D eigenvalue weighted by atomic mass is 10.0. The van der Waals surface area contributed by atoms with Crippen molar-refractivity contribution in [3.8, 4) is 0 Å². The summed E-state index contributed by atoms with van der Waals surface area (Å²) in [6.07, 6.45) is 4.11. The Hall–Kier alpha value is -1.11. The number of aryl methyl sites for hydroxylation is 2. The number of hydrogen-bond acceptors (Lipinski definition) is 1. The second kappa shape index (κ2) is 4.80. The van der Waals surface area contributed by atoms with Crippen LogP contribution in [-0.2, 0) is 12.8 Å². The Morgan fingerprint density at radius 3 is 2.54 bits per heavy atom. The molecule has 13 heavy (non-hydrogen) atoms. The quantitative estimate of drug-likeness (QED) is 0.626. The molecule has 1 aromatic rings. The molecule has 0 aliphatic rings. The summed E-state index contributed by atoms with van der Waals surface area (Å²) < 4.78 is 0. The Balaban J connectivity index is 3.09. The minimum Gasteiger partial charge on any atom is -0.296 e. The second-order valence-electron chi connectivity index (χ2n) is 3.13. The molecular formula is C12H17N. The van der Waals surface area contributed by atoms with Crippen LogP contribution in [0, 0.1) is 0 Å². The fraction of sp³-hybridized carbons (Fsp3) is 0.417. The Bertz CT molecular complexity index is 300. The van der Waals surface area contributed by atoms with E-state index < -0.39 is 0 Å². The van der Waals surface area contributed by atoms with Crippen LogP contribution in [0.5, 0.6) is 0 Å². The molecule has 0 heterocycles. The van der Waals surface area contributed by atoms with Crippen LogP contribution in [0.15, 0.2) is 23.2 Å². The molecule has 0 saturated carbocycles. The Morgan fingerprint density at radius 1 is 1.23 bits per heavy atom. The third kappa shape index (κ3) is 2.41. The number of benzene rings is 1. The molecule has 0 saturated heterocycles. The zero-order valence-corrected chi connectivity index (χ0v) is 8.67. The molecule has 0 bridgehead atoms. The van der Waals surface area contributed by atoms with E-state index in [1.54, 1.807) is 0 Å². The van der Waals surface area contributed by atoms with Gasteiger partial charge in [-0.15, -0.1) is 0 Å². The van der Waals surface area contributed by atoms with Gasteiger partial charge in [0.25, 0.3) is 0 Å². The number of nitrogens with zero attached hydrogens (tertiary/aromatic N) is 1. The Labute approximate surface area is 80.5 Å². The molecule has 0 radical (unpaired) electrons. The highest BCUT2D eigenvalue weighted by atomic mass is 14.6. The van der Waals surface area contributed by atoms with Gasteiger partial charge < -0.3 is 0 Å². The van der Waals surface area contributed by atoms with Crippen molar-refractivity contribution in [2.45, 2.75) is 26.7 Å². The van der Waals surface area contributed by atoms with Crippen LogP contribution in [0.25, 0.3) is 0 Å². The largest absolute Gasteiger partial charge is 0.296 e. The van der Waals surface area contributed by atoms with Gasteiger partial charge in [0.2, 0.25) is 0 Å². The second-order valence-corrected chi connectivity index (χ2v) is 3.13. The molecule has 1 aromatic carbocycles. The normalized spacial score (nSPS) is 11.0. The van der Waals surface area contributed by atoms with Crippen molar-refractivity contribution < 1.29 is 0 Å². The smallest absolute Gasteiger partial charge is 0.0284 e. The molecule has 0 aliphatic heterocycles. The summed E-state index contributed by atoms with van der Waals surface area (Å²) in [4.78, 5) is 4.06. The molecule has 0 atom stereocenters. The van der Waals surface area contributed by atoms with Gasteiger partial charge in [0, 0.05) is 13.3 Å². The first-order valence-electron chi connectivity index (χ1n) is 4.85. The Morgan fingerprint density at radius 2 is 2.00 bits per heavy atom. The average molecular weight is 175 g/mol. The van der Waals surface area contributed by atoms with E-state index in [1.165, 1.54) is 16.7 Å². The Kier molecular flexibility index (Phi) is 3.69. The van der Waals surface area contributed by atoms with Gasteiger partial charge in [-0.05, 0) is 35.6 Å². The van der Waals surface area contributed by atoms with E-state index in [4.69, 9.17) is 0 Å². The van der Waals surface area contributed by atoms with E-state index in [1.807, 2.05) is 13.3 Å². The van der Waals surface area contributed by atoms with Crippen molar-refractivity contribution in [2.75, 3.05) is 7.05 Å². The fourth-order valence-corrected chi connectivity index (χ4v) is 1.45. The molecule has 1 heteroatoms. The molecule has 0 amide bonds. The molecule has 0 fully saturated rings. The van der Waals surface area contributed by atoms with Gasteiger partial charge in [0.1, 0.15) is 0 Å². The van der Waals surface area contributed by atoms with Gasteiger partial charge in [0.05, 0.1) is 0 Å². The van der Waals surface area contributed by atoms with Crippen molar-refractivity contribution in [3.63, 3.8) is 0 Å². The first-order chi connectivity index (χ1) is 6.31. The average Bonchev–Trinajstić information content (AvgIpc) is 2.18. The highest BCUT2D eigenvalue weighted by Gasteiger charge is 1.98. The summed E-state index contributed by atoms with van der Waals surface area (Å²) in [7, 11) is 1.82. The van der Waals surface area contributed by atoms with E-state index in [-0.39, 0.29) is 0 Å². The predicted molar refractivity (Wildman–Crippen MR) is 58.7 cm³/mol. The summed E-state index contributed by atoms with van der Waals surface area (Å²) in [5, 5.41) is 0. The highest BCUT2D eigenvalue weighted by molar-refractivity contribution is 5.82. The summed E-state index contributed by atoms with van der Waals surface area (Å²) in [5.74, 6) is 0. The zero-order valence-electron chi connectivity index (χ0n) is 8.67. The van der Waals surface area contributed by atoms with Crippen LogP contribution in [0.3, 0.4) is 0 Å². The van der Waals surface area contributed by atoms with Crippen molar-refractivity contribution in [1.29, 1.82) is 0 Å². The van der Waals surface area contributed by atoms with Crippen LogP contribution in [0.4, 0.5) is 0 Å². The van der Waals surface area contributed by atoms with E-state index in [9.17, 15) is 0 Å². The number of rotatable bonds is 3. The highest BCUT2D eigenvalue weighted by Crippen LogP contribution is 2.11. The first-order valence-corrected chi connectivity index (χ1v) is 4.85. The molecule has 1 nitrogen and oxygen atoms in total. The molecule has 0 N–H and O–H groups in total. The molecule has 0 aromatic heterocycles. The van der Waals surface area contributed by atoms with Crippen LogP contribution in [0.1, 0.15) is 30.5 Å². The van der Waals surface area contributed by atoms with Crippen molar-refractivity contribution in [3.05, 3.63) is 34.9 Å². The predicted octanol–water partition coefficient (Wildman–Crippen LogP) is 2.86. The molecule has 1 rings (SSSR count). The third-order valence-corrected chi connectivity index (χ3v) is 2.27. The molecule has 70 valence electrons. The topological polar surface area (TPSA) is 12.4 Å². The van der Waals surface area contributed by atoms with E-state index >= 15 is 0 Å². The molecule has 0 aliphatic carbocycles. The molecule has 0 spiro atoms. The lowest BCUT2D eigenvalue weighted by molar-refractivity contribution is 1.10. The van der Waals surface area contributed by atoms with Gasteiger partial charge in [-0.3, -0.25) is 4.99 Å². The van der Waals surface area contributed by atoms with Crippen LogP contribution in [-0.4, -0.2) is 13.3 Å². The lowest BCUT2D eigenvalue weighted by Crippen LogP contribution is -1.93. The van der Waals surface area contributed by atoms with Crippen LogP contribution >= 0.6 is 0 Å². The molecule has 0 unspecified atom stereocenters. The third-order valence-electron chi connectivity index (χ3n) is 2.27. The minimum absolute atomic E-state index is 1.07. The minimum atomic E-state index is 1.07. The van der Waals surface area contributed by atoms with E-state index in [0.29, 0.717) is 0 Å². The maximum absolute atomic E-state index is 4.06. The number of hydrogen-bond donors (Lipinski definition) is 0. The van der Waals surface area contributed by atoms with Crippen molar-refractivity contribution >= 4 is 6.21 Å². The van der Waals surface area contributed by atoms with Crippen molar-refractivity contribution in [1.82, 2.24) is 0 Å².